The smallest absolute Gasteiger partial charge is 0.228 e. The first-order valence-corrected chi connectivity index (χ1v) is 10.1. The second kappa shape index (κ2) is 8.75. The van der Waals surface area contributed by atoms with Gasteiger partial charge in [0.05, 0.1) is 0 Å². The van der Waals surface area contributed by atoms with Gasteiger partial charge in [-0.2, -0.15) is 0 Å². The predicted octanol–water partition coefficient (Wildman–Crippen LogP) is 2.10. The summed E-state index contributed by atoms with van der Waals surface area (Å²) in [5.41, 5.74) is 0. The van der Waals surface area contributed by atoms with Gasteiger partial charge in [-0.15, -0.1) is 0 Å². The van der Waals surface area contributed by atoms with Gasteiger partial charge in [-0.3, -0.25) is 14.4 Å². The molecule has 2 N–H and O–H groups in total. The number of rotatable bonds is 5. The van der Waals surface area contributed by atoms with E-state index in [1.807, 2.05) is 4.90 Å². The minimum atomic E-state index is -0.249. The zero-order chi connectivity index (χ0) is 20.3. The second-order valence-electron chi connectivity index (χ2n) is 8.44. The number of likely N-dealkylation sites (tertiary alicyclic amines) is 1. The van der Waals surface area contributed by atoms with Crippen LogP contribution in [-0.4, -0.2) is 46.9 Å². The molecule has 28 heavy (non-hydrogen) atoms. The van der Waals surface area contributed by atoms with Gasteiger partial charge in [0.1, 0.15) is 5.76 Å². The number of aryl methyl sites for hydroxylation is 1. The monoisotopic (exact) mass is 390 g/mol. The van der Waals surface area contributed by atoms with Crippen LogP contribution in [0.5, 0.6) is 0 Å². The van der Waals surface area contributed by atoms with Gasteiger partial charge in [0.2, 0.25) is 17.7 Å². The molecule has 0 spiro atoms. The third kappa shape index (κ3) is 5.11. The van der Waals surface area contributed by atoms with E-state index in [9.17, 15) is 14.4 Å². The van der Waals surface area contributed by atoms with Crippen LogP contribution in [0.15, 0.2) is 10.6 Å². The first-order chi connectivity index (χ1) is 13.3. The van der Waals surface area contributed by atoms with E-state index < -0.39 is 0 Å². The summed E-state index contributed by atoms with van der Waals surface area (Å²) < 4.78 is 4.96. The Morgan fingerprint density at radius 3 is 2.64 bits per heavy atom. The Bertz CT molecular complexity index is 722. The summed E-state index contributed by atoms with van der Waals surface area (Å²) in [7, 11) is 0. The van der Waals surface area contributed by atoms with Crippen LogP contribution >= 0.6 is 0 Å². The van der Waals surface area contributed by atoms with E-state index in [2.05, 4.69) is 29.6 Å². The molecule has 2 fully saturated rings. The Kier molecular flexibility index (Phi) is 6.36. The van der Waals surface area contributed by atoms with Gasteiger partial charge in [-0.25, -0.2) is 0 Å². The lowest BCUT2D eigenvalue weighted by Gasteiger charge is -2.36. The minimum absolute atomic E-state index is 0.0348. The zero-order valence-corrected chi connectivity index (χ0v) is 16.9. The number of hydrogen-bond acceptors (Lipinski definition) is 5. The van der Waals surface area contributed by atoms with Crippen molar-refractivity contribution in [2.45, 2.75) is 58.9 Å². The Hall–Kier alpha value is -2.38. The van der Waals surface area contributed by atoms with E-state index in [0.29, 0.717) is 49.8 Å². The number of anilines is 1. The average molecular weight is 390 g/mol. The molecule has 0 aliphatic carbocycles. The fourth-order valence-electron chi connectivity index (χ4n) is 4.18. The Morgan fingerprint density at radius 2 is 2.04 bits per heavy atom. The summed E-state index contributed by atoms with van der Waals surface area (Å²) in [5.74, 6) is 1.07. The van der Waals surface area contributed by atoms with Crippen molar-refractivity contribution in [1.82, 2.24) is 15.4 Å². The fourth-order valence-corrected chi connectivity index (χ4v) is 4.18. The molecule has 2 aliphatic rings. The van der Waals surface area contributed by atoms with Gasteiger partial charge in [-0.1, -0.05) is 19.0 Å². The zero-order valence-electron chi connectivity index (χ0n) is 16.9. The first kappa shape index (κ1) is 20.4. The topological polar surface area (TPSA) is 105 Å². The molecule has 2 aliphatic heterocycles. The van der Waals surface area contributed by atoms with Crippen molar-refractivity contribution >= 4 is 23.5 Å². The van der Waals surface area contributed by atoms with Crippen LogP contribution in [0.4, 0.5) is 5.82 Å². The molecule has 0 unspecified atom stereocenters. The van der Waals surface area contributed by atoms with Crippen molar-refractivity contribution in [3.63, 3.8) is 0 Å². The van der Waals surface area contributed by atoms with Crippen molar-refractivity contribution in [2.75, 3.05) is 18.4 Å². The van der Waals surface area contributed by atoms with E-state index in [-0.39, 0.29) is 42.0 Å². The lowest BCUT2D eigenvalue weighted by Crippen LogP contribution is -2.50. The highest BCUT2D eigenvalue weighted by Crippen LogP contribution is 2.26. The molecule has 154 valence electrons. The maximum absolute atomic E-state index is 12.9. The fraction of sp³-hybridized carbons (Fsp3) is 0.700. The van der Waals surface area contributed by atoms with Crippen molar-refractivity contribution < 1.29 is 18.9 Å². The molecule has 0 bridgehead atoms. The Morgan fingerprint density at radius 1 is 1.32 bits per heavy atom. The number of carbonyl (C=O) groups excluding carboxylic acids is 3. The van der Waals surface area contributed by atoms with E-state index in [4.69, 9.17) is 4.52 Å². The van der Waals surface area contributed by atoms with Crippen LogP contribution in [0, 0.1) is 24.7 Å². The van der Waals surface area contributed by atoms with Crippen molar-refractivity contribution in [1.29, 1.82) is 0 Å². The normalized spacial score (nSPS) is 23.6. The predicted molar refractivity (Wildman–Crippen MR) is 103 cm³/mol. The molecular formula is C20H30N4O4. The molecule has 1 aromatic rings. The maximum Gasteiger partial charge on any atom is 0.228 e. The van der Waals surface area contributed by atoms with Crippen LogP contribution < -0.4 is 10.6 Å². The molecule has 3 heterocycles. The number of piperidine rings is 2. The van der Waals surface area contributed by atoms with Crippen LogP contribution in [0.2, 0.25) is 0 Å². The van der Waals surface area contributed by atoms with Gasteiger partial charge in [0, 0.05) is 43.5 Å². The van der Waals surface area contributed by atoms with E-state index in [1.165, 1.54) is 0 Å². The maximum atomic E-state index is 12.9. The molecule has 0 saturated carbocycles. The molecule has 0 aromatic carbocycles. The standard InChI is InChI=1S/C20H30N4O4/c1-12(2)8-16-10-15(11-18(25)21-16)20(27)24-6-4-14(5-7-24)19(26)22-17-9-13(3)28-23-17/h9,12,14-16H,4-8,10-11H2,1-3H3,(H,21,25)(H,22,23,26)/t15-,16-/m1/s1. The molecule has 3 amide bonds. The largest absolute Gasteiger partial charge is 0.360 e. The van der Waals surface area contributed by atoms with Gasteiger partial charge in [0.15, 0.2) is 5.82 Å². The van der Waals surface area contributed by atoms with Crippen molar-refractivity contribution in [2.24, 2.45) is 17.8 Å². The summed E-state index contributed by atoms with van der Waals surface area (Å²) in [6.07, 6.45) is 3.08. The molecule has 8 heteroatoms. The molecule has 3 rings (SSSR count). The quantitative estimate of drug-likeness (QED) is 0.801. The molecule has 1 aromatic heterocycles. The lowest BCUT2D eigenvalue weighted by molar-refractivity contribution is -0.143. The Balaban J connectivity index is 1.50. The summed E-state index contributed by atoms with van der Waals surface area (Å²) >= 11 is 0. The van der Waals surface area contributed by atoms with Crippen LogP contribution in [0.25, 0.3) is 0 Å². The first-order valence-electron chi connectivity index (χ1n) is 10.1. The molecule has 2 atom stereocenters. The molecule has 8 nitrogen and oxygen atoms in total. The van der Waals surface area contributed by atoms with Crippen LogP contribution in [0.1, 0.15) is 51.7 Å². The van der Waals surface area contributed by atoms with E-state index >= 15 is 0 Å². The number of carbonyl (C=O) groups is 3. The van der Waals surface area contributed by atoms with Gasteiger partial charge in [0.25, 0.3) is 0 Å². The van der Waals surface area contributed by atoms with E-state index in [0.717, 1.165) is 6.42 Å². The number of aromatic nitrogens is 1. The molecule has 2 saturated heterocycles. The third-order valence-electron chi connectivity index (χ3n) is 5.53. The average Bonchev–Trinajstić information content (AvgIpc) is 3.05. The minimum Gasteiger partial charge on any atom is -0.360 e. The van der Waals surface area contributed by atoms with Crippen molar-refractivity contribution in [3.8, 4) is 0 Å². The second-order valence-corrected chi connectivity index (χ2v) is 8.44. The number of nitrogens with one attached hydrogen (secondary N) is 2. The van der Waals surface area contributed by atoms with Gasteiger partial charge in [-0.05, 0) is 38.5 Å². The highest BCUT2D eigenvalue weighted by atomic mass is 16.5. The van der Waals surface area contributed by atoms with E-state index in [1.54, 1.807) is 13.0 Å². The highest BCUT2D eigenvalue weighted by molar-refractivity contribution is 5.92. The lowest BCUT2D eigenvalue weighted by atomic mass is 9.86. The number of amides is 3. The number of hydrogen-bond donors (Lipinski definition) is 2. The molecular weight excluding hydrogens is 360 g/mol. The SMILES string of the molecule is Cc1cc(NC(=O)C2CCN(C(=O)[C@H]3CC(=O)N[C@H](CC(C)C)C3)CC2)no1. The summed E-state index contributed by atoms with van der Waals surface area (Å²) in [5, 5.41) is 9.56. The molecule has 0 radical (unpaired) electrons. The highest BCUT2D eigenvalue weighted by Gasteiger charge is 2.36. The third-order valence-corrected chi connectivity index (χ3v) is 5.53. The number of nitrogens with zero attached hydrogens (tertiary/aromatic N) is 2. The summed E-state index contributed by atoms with van der Waals surface area (Å²) in [6, 6.07) is 1.75. The van der Waals surface area contributed by atoms with Crippen molar-refractivity contribution in [3.05, 3.63) is 11.8 Å². The van der Waals surface area contributed by atoms with Gasteiger partial charge >= 0.3 is 0 Å². The van der Waals surface area contributed by atoms with Crippen LogP contribution in [0.3, 0.4) is 0 Å². The summed E-state index contributed by atoms with van der Waals surface area (Å²) in [4.78, 5) is 39.2. The Labute approximate surface area is 165 Å². The van der Waals surface area contributed by atoms with Gasteiger partial charge < -0.3 is 20.1 Å². The summed E-state index contributed by atoms with van der Waals surface area (Å²) in [6.45, 7) is 7.09. The van der Waals surface area contributed by atoms with Crippen LogP contribution in [-0.2, 0) is 14.4 Å².